The molecule has 2 heterocycles. The van der Waals surface area contributed by atoms with E-state index in [-0.39, 0.29) is 24.0 Å². The van der Waals surface area contributed by atoms with Crippen molar-refractivity contribution < 1.29 is 4.74 Å². The van der Waals surface area contributed by atoms with E-state index < -0.39 is 0 Å². The van der Waals surface area contributed by atoms with Crippen LogP contribution in [0.4, 0.5) is 0 Å². The van der Waals surface area contributed by atoms with Gasteiger partial charge in [0.25, 0.3) is 0 Å². The topological polar surface area (TPSA) is 52.1 Å². The first-order valence-corrected chi connectivity index (χ1v) is 12.2. The van der Waals surface area contributed by atoms with E-state index in [1.54, 1.807) is 7.11 Å². The zero-order valence-corrected chi connectivity index (χ0v) is 22.8. The Labute approximate surface area is 212 Å². The molecule has 0 radical (unpaired) electrons. The molecule has 7 heteroatoms. The molecular formula is C25H44IN5O. The molecular weight excluding hydrogens is 513 g/mol. The summed E-state index contributed by atoms with van der Waals surface area (Å²) in [6.45, 7) is 11.2. The Kier molecular flexibility index (Phi) is 12.1. The maximum atomic E-state index is 5.36. The second-order valence-electron chi connectivity index (χ2n) is 9.32. The lowest BCUT2D eigenvalue weighted by atomic mass is 9.97. The van der Waals surface area contributed by atoms with Crippen molar-refractivity contribution in [2.75, 3.05) is 53.4 Å². The second kappa shape index (κ2) is 14.3. The van der Waals surface area contributed by atoms with Gasteiger partial charge in [-0.1, -0.05) is 18.6 Å². The predicted molar refractivity (Wildman–Crippen MR) is 145 cm³/mol. The van der Waals surface area contributed by atoms with E-state index in [1.165, 1.54) is 50.8 Å². The van der Waals surface area contributed by atoms with Crippen LogP contribution in [0.2, 0.25) is 0 Å². The number of ether oxygens (including phenoxy) is 1. The molecule has 2 N–H and O–H groups in total. The Morgan fingerprint density at radius 3 is 2.34 bits per heavy atom. The van der Waals surface area contributed by atoms with E-state index >= 15 is 0 Å². The lowest BCUT2D eigenvalue weighted by Crippen LogP contribution is -2.48. The highest BCUT2D eigenvalue weighted by Crippen LogP contribution is 2.26. The quantitative estimate of drug-likeness (QED) is 0.286. The fourth-order valence-electron chi connectivity index (χ4n) is 4.90. The lowest BCUT2D eigenvalue weighted by molar-refractivity contribution is 0.141. The molecule has 0 saturated carbocycles. The minimum atomic E-state index is 0. The number of hydrogen-bond acceptors (Lipinski definition) is 4. The average Bonchev–Trinajstić information content (AvgIpc) is 2.82. The monoisotopic (exact) mass is 557 g/mol. The number of rotatable bonds is 8. The van der Waals surface area contributed by atoms with Crippen LogP contribution in [0.25, 0.3) is 0 Å². The number of nitrogens with one attached hydrogen (secondary N) is 2. The normalized spacial score (nSPS) is 21.7. The van der Waals surface area contributed by atoms with Gasteiger partial charge in [0.1, 0.15) is 5.75 Å². The first kappa shape index (κ1) is 27.2. The third-order valence-corrected chi connectivity index (χ3v) is 6.86. The van der Waals surface area contributed by atoms with E-state index in [4.69, 9.17) is 4.74 Å². The first-order valence-electron chi connectivity index (χ1n) is 12.2. The number of guanidine groups is 1. The zero-order valence-electron chi connectivity index (χ0n) is 20.5. The Morgan fingerprint density at radius 2 is 1.72 bits per heavy atom. The van der Waals surface area contributed by atoms with Crippen molar-refractivity contribution in [3.63, 3.8) is 0 Å². The number of benzene rings is 1. The van der Waals surface area contributed by atoms with Gasteiger partial charge in [0.2, 0.25) is 0 Å². The number of nitrogens with zero attached hydrogens (tertiary/aromatic N) is 3. The number of likely N-dealkylation sites (tertiary alicyclic amines) is 2. The van der Waals surface area contributed by atoms with E-state index in [2.05, 4.69) is 63.5 Å². The molecule has 32 heavy (non-hydrogen) atoms. The third-order valence-electron chi connectivity index (χ3n) is 6.86. The van der Waals surface area contributed by atoms with Crippen molar-refractivity contribution >= 4 is 29.9 Å². The molecule has 2 aliphatic heterocycles. The molecule has 0 aliphatic carbocycles. The van der Waals surface area contributed by atoms with Gasteiger partial charge in [-0.2, -0.15) is 0 Å². The van der Waals surface area contributed by atoms with E-state index in [9.17, 15) is 0 Å². The molecule has 2 atom stereocenters. The second-order valence-corrected chi connectivity index (χ2v) is 9.32. The average molecular weight is 558 g/mol. The first-order chi connectivity index (χ1) is 15.1. The summed E-state index contributed by atoms with van der Waals surface area (Å²) in [4.78, 5) is 9.72. The fraction of sp³-hybridized carbons (Fsp3) is 0.720. The summed E-state index contributed by atoms with van der Waals surface area (Å²) in [5, 5.41) is 7.22. The summed E-state index contributed by atoms with van der Waals surface area (Å²) in [6, 6.07) is 9.54. The van der Waals surface area contributed by atoms with Crippen LogP contribution >= 0.6 is 24.0 Å². The van der Waals surface area contributed by atoms with Crippen molar-refractivity contribution in [1.82, 2.24) is 20.4 Å². The van der Waals surface area contributed by atoms with Crippen LogP contribution < -0.4 is 15.4 Å². The maximum Gasteiger partial charge on any atom is 0.191 e. The minimum Gasteiger partial charge on any atom is -0.497 e. The van der Waals surface area contributed by atoms with Crippen LogP contribution in [0, 0.1) is 5.92 Å². The van der Waals surface area contributed by atoms with Crippen molar-refractivity contribution in [2.24, 2.45) is 10.9 Å². The Hall–Kier alpha value is -1.06. The van der Waals surface area contributed by atoms with Gasteiger partial charge in [-0.05, 0) is 82.8 Å². The van der Waals surface area contributed by atoms with Crippen molar-refractivity contribution in [3.8, 4) is 5.75 Å². The van der Waals surface area contributed by atoms with Crippen LogP contribution in [-0.4, -0.2) is 75.2 Å². The number of piperidine rings is 2. The predicted octanol–water partition coefficient (Wildman–Crippen LogP) is 4.13. The van der Waals surface area contributed by atoms with Gasteiger partial charge in [-0.3, -0.25) is 9.89 Å². The third kappa shape index (κ3) is 8.06. The maximum absolute atomic E-state index is 5.36. The van der Waals surface area contributed by atoms with E-state index in [1.807, 2.05) is 7.05 Å². The molecule has 0 spiro atoms. The van der Waals surface area contributed by atoms with Gasteiger partial charge in [0.05, 0.1) is 13.2 Å². The molecule has 0 aromatic heterocycles. The Balaban J connectivity index is 0.00000363. The van der Waals surface area contributed by atoms with Crippen molar-refractivity contribution in [1.29, 1.82) is 0 Å². The van der Waals surface area contributed by atoms with Gasteiger partial charge in [0.15, 0.2) is 5.96 Å². The van der Waals surface area contributed by atoms with Crippen LogP contribution in [-0.2, 0) is 0 Å². The molecule has 1 aromatic carbocycles. The van der Waals surface area contributed by atoms with Crippen LogP contribution in [0.15, 0.2) is 29.3 Å². The van der Waals surface area contributed by atoms with Crippen molar-refractivity contribution in [3.05, 3.63) is 29.8 Å². The summed E-state index contributed by atoms with van der Waals surface area (Å²) in [7, 11) is 3.60. The molecule has 2 unspecified atom stereocenters. The van der Waals surface area contributed by atoms with Crippen molar-refractivity contribution in [2.45, 2.75) is 58.0 Å². The van der Waals surface area contributed by atoms with Gasteiger partial charge < -0.3 is 20.3 Å². The minimum absolute atomic E-state index is 0. The van der Waals surface area contributed by atoms with Crippen LogP contribution in [0.3, 0.4) is 0 Å². The molecule has 6 nitrogen and oxygen atoms in total. The summed E-state index contributed by atoms with van der Waals surface area (Å²) in [6.07, 6.45) is 6.51. The molecule has 3 rings (SSSR count). The SMILES string of the molecule is CN=C(NCC1CCCN(C(C)C)C1)NCC(c1ccc(OC)cc1)N1CCCCC1.I. The molecule has 0 amide bonds. The molecule has 0 bridgehead atoms. The van der Waals surface area contributed by atoms with E-state index in [0.717, 1.165) is 37.9 Å². The van der Waals surface area contributed by atoms with Gasteiger partial charge >= 0.3 is 0 Å². The summed E-state index contributed by atoms with van der Waals surface area (Å²) < 4.78 is 5.36. The lowest BCUT2D eigenvalue weighted by Gasteiger charge is -2.36. The molecule has 2 aliphatic rings. The number of halogens is 1. The highest BCUT2D eigenvalue weighted by molar-refractivity contribution is 14.0. The standard InChI is InChI=1S/C25H43N5O.HI/c1-20(2)30-16-8-9-21(19-30)17-27-25(26-3)28-18-24(29-14-6-5-7-15-29)22-10-12-23(31-4)13-11-22;/h10-13,20-21,24H,5-9,14-19H2,1-4H3,(H2,26,27,28);1H. The number of methoxy groups -OCH3 is 1. The molecule has 2 fully saturated rings. The Morgan fingerprint density at radius 1 is 1.03 bits per heavy atom. The fourth-order valence-corrected chi connectivity index (χ4v) is 4.90. The van der Waals surface area contributed by atoms with Crippen LogP contribution in [0.1, 0.15) is 57.6 Å². The van der Waals surface area contributed by atoms with Gasteiger partial charge in [-0.25, -0.2) is 0 Å². The summed E-state index contributed by atoms with van der Waals surface area (Å²) >= 11 is 0. The molecule has 2 saturated heterocycles. The van der Waals surface area contributed by atoms with Gasteiger partial charge in [0, 0.05) is 32.7 Å². The molecule has 1 aromatic rings. The number of hydrogen-bond donors (Lipinski definition) is 2. The summed E-state index contributed by atoms with van der Waals surface area (Å²) in [5.74, 6) is 2.51. The zero-order chi connectivity index (χ0) is 22.1. The largest absolute Gasteiger partial charge is 0.497 e. The van der Waals surface area contributed by atoms with Gasteiger partial charge in [-0.15, -0.1) is 24.0 Å². The van der Waals surface area contributed by atoms with Crippen LogP contribution in [0.5, 0.6) is 5.75 Å². The highest BCUT2D eigenvalue weighted by atomic mass is 127. The summed E-state index contributed by atoms with van der Waals surface area (Å²) in [5.41, 5.74) is 1.34. The molecule has 182 valence electrons. The smallest absolute Gasteiger partial charge is 0.191 e. The van der Waals surface area contributed by atoms with E-state index in [0.29, 0.717) is 18.0 Å². The number of aliphatic imine (C=N–C) groups is 1. The Bertz CT molecular complexity index is 675. The highest BCUT2D eigenvalue weighted by Gasteiger charge is 2.24.